The Morgan fingerprint density at radius 1 is 1.18 bits per heavy atom. The molecule has 6 nitrogen and oxygen atoms in total. The summed E-state index contributed by atoms with van der Waals surface area (Å²) in [5, 5.41) is 4.05. The van der Waals surface area contributed by atoms with Crippen LogP contribution >= 0.6 is 0 Å². The predicted octanol–water partition coefficient (Wildman–Crippen LogP) is 4.49. The lowest BCUT2D eigenvalue weighted by molar-refractivity contribution is 0.0734. The van der Waals surface area contributed by atoms with Crippen LogP contribution in [-0.4, -0.2) is 33.6 Å². The van der Waals surface area contributed by atoms with Crippen LogP contribution < -0.4 is 4.74 Å². The zero-order valence-corrected chi connectivity index (χ0v) is 16.7. The van der Waals surface area contributed by atoms with E-state index in [-0.39, 0.29) is 18.6 Å². The van der Waals surface area contributed by atoms with Crippen molar-refractivity contribution < 1.29 is 14.1 Å². The topological polar surface area (TPSA) is 68.5 Å². The van der Waals surface area contributed by atoms with Gasteiger partial charge in [-0.25, -0.2) is 0 Å². The van der Waals surface area contributed by atoms with E-state index in [1.165, 1.54) is 0 Å². The Balaban J connectivity index is 1.75. The van der Waals surface area contributed by atoms with Gasteiger partial charge in [-0.15, -0.1) is 0 Å². The quantitative estimate of drug-likeness (QED) is 0.605. The summed E-state index contributed by atoms with van der Waals surface area (Å²) in [4.78, 5) is 19.0. The monoisotopic (exact) mass is 379 g/mol. The molecule has 0 aliphatic carbocycles. The molecule has 3 rings (SSSR count). The maximum absolute atomic E-state index is 12.9. The number of nitrogens with zero attached hydrogens (tertiary/aromatic N) is 3. The van der Waals surface area contributed by atoms with Crippen LogP contribution in [0.25, 0.3) is 11.4 Å². The molecular weight excluding hydrogens is 354 g/mol. The van der Waals surface area contributed by atoms with Crippen LogP contribution in [0, 0.1) is 6.92 Å². The van der Waals surface area contributed by atoms with Gasteiger partial charge in [0, 0.05) is 17.7 Å². The zero-order valence-electron chi connectivity index (χ0n) is 16.7. The van der Waals surface area contributed by atoms with Crippen LogP contribution in [0.5, 0.6) is 5.75 Å². The molecule has 0 fully saturated rings. The van der Waals surface area contributed by atoms with E-state index in [0.29, 0.717) is 29.6 Å². The molecule has 0 spiro atoms. The van der Waals surface area contributed by atoms with Crippen molar-refractivity contribution in [1.82, 2.24) is 15.0 Å². The van der Waals surface area contributed by atoms with E-state index in [4.69, 9.17) is 9.26 Å². The minimum absolute atomic E-state index is 0.0473. The van der Waals surface area contributed by atoms with Gasteiger partial charge >= 0.3 is 0 Å². The lowest BCUT2D eigenvalue weighted by atomic mass is 10.1. The number of hydrogen-bond donors (Lipinski definition) is 0. The van der Waals surface area contributed by atoms with Crippen molar-refractivity contribution in [2.75, 3.05) is 6.54 Å². The van der Waals surface area contributed by atoms with Crippen molar-refractivity contribution in [2.45, 2.75) is 40.3 Å². The molecule has 2 aromatic carbocycles. The van der Waals surface area contributed by atoms with Crippen molar-refractivity contribution >= 4 is 5.91 Å². The molecule has 0 aliphatic heterocycles. The second-order valence-electron chi connectivity index (χ2n) is 6.89. The third kappa shape index (κ3) is 4.76. The SMILES string of the molecule is CCN(Cc1nc(-c2cccc(C)c2)no1)C(=O)c1cccc(OC(C)C)c1. The van der Waals surface area contributed by atoms with E-state index in [1.807, 2.05) is 64.1 Å². The molecule has 0 bridgehead atoms. The maximum atomic E-state index is 12.9. The zero-order chi connectivity index (χ0) is 20.1. The summed E-state index contributed by atoms with van der Waals surface area (Å²) in [6, 6.07) is 15.1. The van der Waals surface area contributed by atoms with Crippen LogP contribution in [0.3, 0.4) is 0 Å². The summed E-state index contributed by atoms with van der Waals surface area (Å²) < 4.78 is 11.1. The van der Waals surface area contributed by atoms with Gasteiger partial charge in [0.2, 0.25) is 11.7 Å². The van der Waals surface area contributed by atoms with Gasteiger partial charge in [-0.05, 0) is 52.0 Å². The molecule has 0 atom stereocenters. The summed E-state index contributed by atoms with van der Waals surface area (Å²) in [5.74, 6) is 1.50. The highest BCUT2D eigenvalue weighted by Crippen LogP contribution is 2.19. The number of aromatic nitrogens is 2. The van der Waals surface area contributed by atoms with Gasteiger partial charge < -0.3 is 14.2 Å². The van der Waals surface area contributed by atoms with Crippen LogP contribution in [0.4, 0.5) is 0 Å². The number of hydrogen-bond acceptors (Lipinski definition) is 5. The number of rotatable bonds is 7. The number of ether oxygens (including phenoxy) is 1. The number of carbonyl (C=O) groups excluding carboxylic acids is 1. The number of carbonyl (C=O) groups is 1. The van der Waals surface area contributed by atoms with Gasteiger partial charge in [-0.3, -0.25) is 4.79 Å². The standard InChI is InChI=1S/C22H25N3O3/c1-5-25(22(26)18-10-7-11-19(13-18)27-15(2)3)14-20-23-21(24-28-20)17-9-6-8-16(4)12-17/h6-13,15H,5,14H2,1-4H3. The molecule has 0 aliphatic rings. The minimum Gasteiger partial charge on any atom is -0.491 e. The molecule has 0 unspecified atom stereocenters. The molecule has 0 saturated heterocycles. The normalized spacial score (nSPS) is 10.9. The predicted molar refractivity (Wildman–Crippen MR) is 107 cm³/mol. The first-order chi connectivity index (χ1) is 13.5. The largest absolute Gasteiger partial charge is 0.491 e. The van der Waals surface area contributed by atoms with E-state index in [2.05, 4.69) is 10.1 Å². The lowest BCUT2D eigenvalue weighted by Crippen LogP contribution is -2.30. The molecule has 1 amide bonds. The number of aryl methyl sites for hydroxylation is 1. The summed E-state index contributed by atoms with van der Waals surface area (Å²) >= 11 is 0. The second kappa shape index (κ2) is 8.69. The maximum Gasteiger partial charge on any atom is 0.254 e. The summed E-state index contributed by atoms with van der Waals surface area (Å²) in [6.45, 7) is 8.62. The molecule has 1 heterocycles. The van der Waals surface area contributed by atoms with E-state index >= 15 is 0 Å². The summed E-state index contributed by atoms with van der Waals surface area (Å²) in [5.41, 5.74) is 2.58. The van der Waals surface area contributed by atoms with Crippen LogP contribution in [0.1, 0.15) is 42.6 Å². The Morgan fingerprint density at radius 2 is 1.96 bits per heavy atom. The fourth-order valence-corrected chi connectivity index (χ4v) is 2.87. The van der Waals surface area contributed by atoms with Crippen molar-refractivity contribution in [1.29, 1.82) is 0 Å². The van der Waals surface area contributed by atoms with Crippen LogP contribution in [0.15, 0.2) is 53.1 Å². The van der Waals surface area contributed by atoms with E-state index in [0.717, 1.165) is 11.1 Å². The Hall–Kier alpha value is -3.15. The Morgan fingerprint density at radius 3 is 2.68 bits per heavy atom. The molecule has 6 heteroatoms. The molecule has 1 aromatic heterocycles. The number of benzene rings is 2. The van der Waals surface area contributed by atoms with Crippen LogP contribution in [0.2, 0.25) is 0 Å². The number of amides is 1. The first-order valence-corrected chi connectivity index (χ1v) is 9.42. The molecule has 0 saturated carbocycles. The Labute approximate surface area is 165 Å². The Kier molecular flexibility index (Phi) is 6.09. The molecule has 0 radical (unpaired) electrons. The summed E-state index contributed by atoms with van der Waals surface area (Å²) in [7, 11) is 0. The first-order valence-electron chi connectivity index (χ1n) is 9.42. The van der Waals surface area contributed by atoms with E-state index < -0.39 is 0 Å². The average molecular weight is 379 g/mol. The van der Waals surface area contributed by atoms with Gasteiger partial charge in [0.1, 0.15) is 12.3 Å². The highest BCUT2D eigenvalue weighted by atomic mass is 16.5. The van der Waals surface area contributed by atoms with Gasteiger partial charge in [0.25, 0.3) is 5.91 Å². The molecule has 28 heavy (non-hydrogen) atoms. The van der Waals surface area contributed by atoms with Gasteiger partial charge in [-0.1, -0.05) is 35.0 Å². The smallest absolute Gasteiger partial charge is 0.254 e. The highest BCUT2D eigenvalue weighted by molar-refractivity contribution is 5.94. The Bertz CT molecular complexity index is 949. The molecular formula is C22H25N3O3. The van der Waals surface area contributed by atoms with E-state index in [9.17, 15) is 4.79 Å². The van der Waals surface area contributed by atoms with Gasteiger partial charge in [0.15, 0.2) is 0 Å². The first kappa shape index (κ1) is 19.6. The minimum atomic E-state index is -0.105. The lowest BCUT2D eigenvalue weighted by Gasteiger charge is -2.19. The third-order valence-electron chi connectivity index (χ3n) is 4.19. The van der Waals surface area contributed by atoms with Crippen molar-refractivity contribution in [2.24, 2.45) is 0 Å². The third-order valence-corrected chi connectivity index (χ3v) is 4.19. The molecule has 0 N–H and O–H groups in total. The van der Waals surface area contributed by atoms with Crippen molar-refractivity contribution in [3.05, 3.63) is 65.5 Å². The van der Waals surface area contributed by atoms with Crippen molar-refractivity contribution in [3.8, 4) is 17.1 Å². The van der Waals surface area contributed by atoms with Crippen molar-refractivity contribution in [3.63, 3.8) is 0 Å². The fourth-order valence-electron chi connectivity index (χ4n) is 2.87. The van der Waals surface area contributed by atoms with Gasteiger partial charge in [0.05, 0.1) is 6.10 Å². The summed E-state index contributed by atoms with van der Waals surface area (Å²) in [6.07, 6.45) is 0.0473. The van der Waals surface area contributed by atoms with Crippen LogP contribution in [-0.2, 0) is 6.54 Å². The average Bonchev–Trinajstić information content (AvgIpc) is 3.14. The van der Waals surface area contributed by atoms with E-state index in [1.54, 1.807) is 17.0 Å². The van der Waals surface area contributed by atoms with Gasteiger partial charge in [-0.2, -0.15) is 4.98 Å². The fraction of sp³-hybridized carbons (Fsp3) is 0.318. The highest BCUT2D eigenvalue weighted by Gasteiger charge is 2.19. The molecule has 146 valence electrons. The molecule has 3 aromatic rings. The second-order valence-corrected chi connectivity index (χ2v) is 6.89.